The molecule has 2 nitrogen and oxygen atoms in total. The Kier molecular flexibility index (Phi) is 17.5. The van der Waals surface area contributed by atoms with Crippen molar-refractivity contribution in [1.82, 2.24) is 0 Å². The highest BCUT2D eigenvalue weighted by Gasteiger charge is 2.31. The van der Waals surface area contributed by atoms with Crippen molar-refractivity contribution in [3.63, 3.8) is 0 Å². The second kappa shape index (κ2) is 17.4. The van der Waals surface area contributed by atoms with Gasteiger partial charge in [0.05, 0.1) is 6.61 Å². The molecule has 26 heavy (non-hydrogen) atoms. The fourth-order valence-corrected chi connectivity index (χ4v) is 5.57. The van der Waals surface area contributed by atoms with E-state index in [1.807, 2.05) is 13.8 Å². The van der Waals surface area contributed by atoms with Gasteiger partial charge in [0, 0.05) is 0 Å². The van der Waals surface area contributed by atoms with Crippen LogP contribution in [0.3, 0.4) is 0 Å². The summed E-state index contributed by atoms with van der Waals surface area (Å²) in [7, 11) is 0. The van der Waals surface area contributed by atoms with Crippen molar-refractivity contribution in [3.8, 4) is 0 Å². The first-order valence-corrected chi connectivity index (χ1v) is 12.7. The Bertz CT molecular complexity index is 370. The van der Waals surface area contributed by atoms with Crippen molar-refractivity contribution in [3.05, 3.63) is 0 Å². The van der Waals surface area contributed by atoms with Gasteiger partial charge in [0.25, 0.3) is 0 Å². The largest absolute Gasteiger partial charge is 0.465 e. The van der Waals surface area contributed by atoms with Crippen LogP contribution in [0.25, 0.3) is 0 Å². The average Bonchev–Trinajstić information content (AvgIpc) is 2.59. The minimum absolute atomic E-state index is 0.155. The van der Waals surface area contributed by atoms with E-state index in [1.54, 1.807) is 11.8 Å². The zero-order valence-electron chi connectivity index (χ0n) is 17.4. The third-order valence-electron chi connectivity index (χ3n) is 4.28. The summed E-state index contributed by atoms with van der Waals surface area (Å²) in [6.07, 6.45) is 15.5. The number of carbonyl (C=O) groups is 1. The molecule has 0 aromatic rings. The zero-order chi connectivity index (χ0) is 19.7. The van der Waals surface area contributed by atoms with E-state index in [2.05, 4.69) is 13.8 Å². The number of carbonyl (C=O) groups excluding carboxylic acids is 1. The highest BCUT2D eigenvalue weighted by molar-refractivity contribution is 8.47. The van der Waals surface area contributed by atoms with Crippen LogP contribution in [0.15, 0.2) is 0 Å². The van der Waals surface area contributed by atoms with Gasteiger partial charge in [0.1, 0.15) is 8.28 Å². The topological polar surface area (TPSA) is 26.3 Å². The van der Waals surface area contributed by atoms with Crippen molar-refractivity contribution in [2.75, 3.05) is 12.4 Å². The first-order valence-electron chi connectivity index (χ1n) is 10.5. The van der Waals surface area contributed by atoms with Crippen LogP contribution >= 0.6 is 35.7 Å². The van der Waals surface area contributed by atoms with Crippen LogP contribution in [0.1, 0.15) is 105 Å². The molecule has 0 bridgehead atoms. The first-order chi connectivity index (χ1) is 12.4. The summed E-state index contributed by atoms with van der Waals surface area (Å²) in [5.41, 5.74) is 0. The van der Waals surface area contributed by atoms with Gasteiger partial charge in [-0.05, 0) is 32.4 Å². The molecule has 0 rings (SSSR count). The molecular formula is C21H40O2S3. The second-order valence-corrected chi connectivity index (χ2v) is 11.3. The molecule has 0 heterocycles. The highest BCUT2D eigenvalue weighted by atomic mass is 32.2. The van der Waals surface area contributed by atoms with E-state index < -0.39 is 4.75 Å². The first kappa shape index (κ1) is 26.3. The lowest BCUT2D eigenvalue weighted by molar-refractivity contribution is -0.145. The van der Waals surface area contributed by atoms with E-state index >= 15 is 0 Å². The SMILES string of the molecule is CCCCCCCCCCCCSC(=S)SC(C)(C)C(=O)OCCCC. The van der Waals surface area contributed by atoms with Crippen molar-refractivity contribution in [2.45, 2.75) is 109 Å². The summed E-state index contributed by atoms with van der Waals surface area (Å²) in [6.45, 7) is 8.67. The minimum Gasteiger partial charge on any atom is -0.465 e. The van der Waals surface area contributed by atoms with Crippen LogP contribution in [0.2, 0.25) is 0 Å². The number of rotatable bonds is 16. The Hall–Kier alpha value is 0.260. The normalized spacial score (nSPS) is 11.5. The Morgan fingerprint density at radius 2 is 1.35 bits per heavy atom. The zero-order valence-corrected chi connectivity index (χ0v) is 19.9. The number of thioether (sulfide) groups is 2. The van der Waals surface area contributed by atoms with Crippen LogP contribution in [0.5, 0.6) is 0 Å². The third-order valence-corrected chi connectivity index (χ3v) is 7.06. The molecule has 0 spiro atoms. The van der Waals surface area contributed by atoms with E-state index in [0.29, 0.717) is 6.61 Å². The predicted molar refractivity (Wildman–Crippen MR) is 124 cm³/mol. The van der Waals surface area contributed by atoms with Gasteiger partial charge in [-0.3, -0.25) is 4.79 Å². The van der Waals surface area contributed by atoms with Crippen LogP contribution in [0.4, 0.5) is 0 Å². The lowest BCUT2D eigenvalue weighted by Crippen LogP contribution is -2.31. The smallest absolute Gasteiger partial charge is 0.322 e. The van der Waals surface area contributed by atoms with Crippen molar-refractivity contribution in [1.29, 1.82) is 0 Å². The van der Waals surface area contributed by atoms with E-state index in [9.17, 15) is 4.79 Å². The molecule has 0 radical (unpaired) electrons. The molecule has 0 saturated heterocycles. The number of unbranched alkanes of at least 4 members (excludes halogenated alkanes) is 10. The molecule has 0 N–H and O–H groups in total. The van der Waals surface area contributed by atoms with Crippen LogP contribution < -0.4 is 0 Å². The number of hydrogen-bond donors (Lipinski definition) is 0. The van der Waals surface area contributed by atoms with Gasteiger partial charge in [-0.25, -0.2) is 0 Å². The lowest BCUT2D eigenvalue weighted by atomic mass is 10.1. The Morgan fingerprint density at radius 1 is 0.846 bits per heavy atom. The summed E-state index contributed by atoms with van der Waals surface area (Å²) in [5.74, 6) is 0.904. The highest BCUT2D eigenvalue weighted by Crippen LogP contribution is 2.32. The summed E-state index contributed by atoms with van der Waals surface area (Å²) < 4.78 is 5.60. The van der Waals surface area contributed by atoms with Crippen LogP contribution in [-0.4, -0.2) is 26.6 Å². The molecule has 0 saturated carbocycles. The van der Waals surface area contributed by atoms with Crippen molar-refractivity contribution < 1.29 is 9.53 Å². The summed E-state index contributed by atoms with van der Waals surface area (Å²) in [6, 6.07) is 0. The number of hydrogen-bond acceptors (Lipinski definition) is 5. The molecule has 0 amide bonds. The molecule has 0 fully saturated rings. The van der Waals surface area contributed by atoms with Crippen LogP contribution in [0, 0.1) is 0 Å². The van der Waals surface area contributed by atoms with Crippen molar-refractivity contribution in [2.24, 2.45) is 0 Å². The fourth-order valence-electron chi connectivity index (χ4n) is 2.51. The van der Waals surface area contributed by atoms with E-state index in [4.69, 9.17) is 17.0 Å². The van der Waals surface area contributed by atoms with Gasteiger partial charge in [-0.15, -0.1) is 11.8 Å². The quantitative estimate of drug-likeness (QED) is 0.144. The second-order valence-electron chi connectivity index (χ2n) is 7.38. The molecular weight excluding hydrogens is 380 g/mol. The van der Waals surface area contributed by atoms with Gasteiger partial charge in [0.15, 0.2) is 0 Å². The summed E-state index contributed by atoms with van der Waals surface area (Å²) in [4.78, 5) is 12.1. The van der Waals surface area contributed by atoms with Crippen LogP contribution in [-0.2, 0) is 9.53 Å². The Morgan fingerprint density at radius 3 is 1.88 bits per heavy atom. The maximum Gasteiger partial charge on any atom is 0.322 e. The monoisotopic (exact) mass is 420 g/mol. The molecule has 0 unspecified atom stereocenters. The van der Waals surface area contributed by atoms with Gasteiger partial charge >= 0.3 is 5.97 Å². The fraction of sp³-hybridized carbons (Fsp3) is 0.905. The summed E-state index contributed by atoms with van der Waals surface area (Å²) in [5, 5.41) is 0. The molecule has 154 valence electrons. The molecule has 0 aromatic carbocycles. The van der Waals surface area contributed by atoms with E-state index in [-0.39, 0.29) is 5.97 Å². The number of ether oxygens (including phenoxy) is 1. The van der Waals surface area contributed by atoms with Gasteiger partial charge in [0.2, 0.25) is 0 Å². The molecule has 5 heteroatoms. The number of esters is 1. The standard InChI is InChI=1S/C21H40O2S3/c1-5-7-9-10-11-12-13-14-15-16-18-25-20(24)26-21(3,4)19(22)23-17-8-6-2/h5-18H2,1-4H3. The molecule has 0 aliphatic heterocycles. The van der Waals surface area contributed by atoms with Gasteiger partial charge < -0.3 is 4.74 Å². The molecule has 0 aliphatic rings. The minimum atomic E-state index is -0.588. The van der Waals surface area contributed by atoms with E-state index in [1.165, 1.54) is 76.0 Å². The average molecular weight is 421 g/mol. The summed E-state index contributed by atoms with van der Waals surface area (Å²) >= 11 is 8.63. The Labute approximate surface area is 176 Å². The molecule has 0 atom stereocenters. The molecule has 0 aliphatic carbocycles. The molecule has 0 aromatic heterocycles. The Balaban J connectivity index is 3.62. The van der Waals surface area contributed by atoms with E-state index in [0.717, 1.165) is 22.1 Å². The maximum atomic E-state index is 12.1. The van der Waals surface area contributed by atoms with Crippen molar-refractivity contribution >= 4 is 45.2 Å². The van der Waals surface area contributed by atoms with Gasteiger partial charge in [-0.1, -0.05) is 102 Å². The van der Waals surface area contributed by atoms with Gasteiger partial charge in [-0.2, -0.15) is 0 Å². The number of thiocarbonyl (C=S) groups is 1. The lowest BCUT2D eigenvalue weighted by Gasteiger charge is -2.21. The maximum absolute atomic E-state index is 12.1. The third kappa shape index (κ3) is 15.3. The predicted octanol–water partition coefficient (Wildman–Crippen LogP) is 7.78.